The third-order valence-electron chi connectivity index (χ3n) is 3.39. The number of halogens is 1. The standard InChI is InChI=1S/C17H21BrN4O/c1-4-5-10-22(3)17-19-12(2)11-15(21-17)16(23)20-14-9-7-6-8-13(14)18/h6-9,11H,4-5,10H2,1-3H3,(H,20,23). The van der Waals surface area contributed by atoms with Crippen LogP contribution in [0.1, 0.15) is 35.9 Å². The highest BCUT2D eigenvalue weighted by atomic mass is 79.9. The Bertz CT molecular complexity index is 690. The quantitative estimate of drug-likeness (QED) is 0.826. The Hall–Kier alpha value is -1.95. The molecule has 1 aromatic heterocycles. The van der Waals surface area contributed by atoms with Crippen molar-refractivity contribution in [1.82, 2.24) is 9.97 Å². The van der Waals surface area contributed by atoms with Crippen molar-refractivity contribution >= 4 is 33.5 Å². The van der Waals surface area contributed by atoms with Crippen LogP contribution in [0.5, 0.6) is 0 Å². The van der Waals surface area contributed by atoms with Crippen molar-refractivity contribution in [3.8, 4) is 0 Å². The van der Waals surface area contributed by atoms with Crippen LogP contribution in [0.4, 0.5) is 11.6 Å². The molecular weight excluding hydrogens is 356 g/mol. The fourth-order valence-corrected chi connectivity index (χ4v) is 2.47. The molecule has 23 heavy (non-hydrogen) atoms. The number of hydrogen-bond donors (Lipinski definition) is 1. The molecule has 0 atom stereocenters. The van der Waals surface area contributed by atoms with Crippen LogP contribution < -0.4 is 10.2 Å². The summed E-state index contributed by atoms with van der Waals surface area (Å²) in [6.07, 6.45) is 2.16. The number of amides is 1. The van der Waals surface area contributed by atoms with Crippen LogP contribution in [0.25, 0.3) is 0 Å². The summed E-state index contributed by atoms with van der Waals surface area (Å²) in [5.41, 5.74) is 1.86. The summed E-state index contributed by atoms with van der Waals surface area (Å²) in [6.45, 7) is 4.88. The lowest BCUT2D eigenvalue weighted by atomic mass is 10.3. The highest BCUT2D eigenvalue weighted by Gasteiger charge is 2.14. The maximum Gasteiger partial charge on any atom is 0.274 e. The van der Waals surface area contributed by atoms with E-state index in [1.165, 1.54) is 0 Å². The number of nitrogens with zero attached hydrogens (tertiary/aromatic N) is 3. The predicted molar refractivity (Wildman–Crippen MR) is 97.0 cm³/mol. The minimum Gasteiger partial charge on any atom is -0.344 e. The number of anilines is 2. The van der Waals surface area contributed by atoms with Crippen LogP contribution in [-0.4, -0.2) is 29.5 Å². The summed E-state index contributed by atoms with van der Waals surface area (Å²) in [4.78, 5) is 23.3. The van der Waals surface area contributed by atoms with Crippen molar-refractivity contribution < 1.29 is 4.79 Å². The fourth-order valence-electron chi connectivity index (χ4n) is 2.08. The molecule has 6 heteroatoms. The van der Waals surface area contributed by atoms with Crippen molar-refractivity contribution in [2.24, 2.45) is 0 Å². The minimum atomic E-state index is -0.243. The highest BCUT2D eigenvalue weighted by molar-refractivity contribution is 9.10. The molecule has 0 radical (unpaired) electrons. The van der Waals surface area contributed by atoms with Gasteiger partial charge in [0.05, 0.1) is 5.69 Å². The number of rotatable bonds is 6. The molecule has 0 spiro atoms. The number of carbonyl (C=O) groups excluding carboxylic acids is 1. The van der Waals surface area contributed by atoms with Crippen LogP contribution in [0, 0.1) is 6.92 Å². The first-order valence-electron chi connectivity index (χ1n) is 7.64. The maximum atomic E-state index is 12.5. The zero-order chi connectivity index (χ0) is 16.8. The molecule has 5 nitrogen and oxygen atoms in total. The average Bonchev–Trinajstić information content (AvgIpc) is 2.54. The number of hydrogen-bond acceptors (Lipinski definition) is 4. The second-order valence-corrected chi connectivity index (χ2v) is 6.26. The first-order chi connectivity index (χ1) is 11.0. The summed E-state index contributed by atoms with van der Waals surface area (Å²) < 4.78 is 0.833. The zero-order valence-electron chi connectivity index (χ0n) is 13.6. The Labute approximate surface area is 145 Å². The molecule has 2 rings (SSSR count). The van der Waals surface area contributed by atoms with E-state index in [0.717, 1.165) is 35.2 Å². The van der Waals surface area contributed by atoms with Gasteiger partial charge in [-0.2, -0.15) is 0 Å². The smallest absolute Gasteiger partial charge is 0.274 e. The van der Waals surface area contributed by atoms with E-state index in [-0.39, 0.29) is 5.91 Å². The first-order valence-corrected chi connectivity index (χ1v) is 8.43. The average molecular weight is 377 g/mol. The third kappa shape index (κ3) is 4.76. The van der Waals surface area contributed by atoms with Gasteiger partial charge in [0.25, 0.3) is 5.91 Å². The zero-order valence-corrected chi connectivity index (χ0v) is 15.2. The molecule has 122 valence electrons. The van der Waals surface area contributed by atoms with Crippen LogP contribution in [0.2, 0.25) is 0 Å². The number of para-hydroxylation sites is 1. The normalized spacial score (nSPS) is 10.4. The molecule has 0 aliphatic heterocycles. The highest BCUT2D eigenvalue weighted by Crippen LogP contribution is 2.22. The largest absolute Gasteiger partial charge is 0.344 e. The van der Waals surface area contributed by atoms with E-state index >= 15 is 0 Å². The van der Waals surface area contributed by atoms with Gasteiger partial charge in [0.1, 0.15) is 5.69 Å². The predicted octanol–water partition coefficient (Wildman–Crippen LogP) is 4.04. The van der Waals surface area contributed by atoms with E-state index in [2.05, 4.69) is 38.1 Å². The lowest BCUT2D eigenvalue weighted by Crippen LogP contribution is -2.23. The van der Waals surface area contributed by atoms with Gasteiger partial charge in [0.2, 0.25) is 5.95 Å². The summed E-state index contributed by atoms with van der Waals surface area (Å²) in [5.74, 6) is 0.336. The van der Waals surface area contributed by atoms with Crippen molar-refractivity contribution in [2.75, 3.05) is 23.8 Å². The summed E-state index contributed by atoms with van der Waals surface area (Å²) in [6, 6.07) is 9.18. The number of carbonyl (C=O) groups is 1. The SMILES string of the molecule is CCCCN(C)c1nc(C)cc(C(=O)Nc2ccccc2Br)n1. The Morgan fingerprint density at radius 2 is 2.04 bits per heavy atom. The van der Waals surface area contributed by atoms with Gasteiger partial charge in [0.15, 0.2) is 0 Å². The van der Waals surface area contributed by atoms with Gasteiger partial charge in [-0.3, -0.25) is 4.79 Å². The van der Waals surface area contributed by atoms with Gasteiger partial charge in [-0.1, -0.05) is 25.5 Å². The molecule has 2 aromatic rings. The number of benzene rings is 1. The van der Waals surface area contributed by atoms with Crippen LogP contribution in [-0.2, 0) is 0 Å². The molecule has 1 aromatic carbocycles. The molecule has 0 bridgehead atoms. The summed E-state index contributed by atoms with van der Waals surface area (Å²) in [7, 11) is 1.94. The van der Waals surface area contributed by atoms with E-state index in [9.17, 15) is 4.79 Å². The number of nitrogens with one attached hydrogen (secondary N) is 1. The van der Waals surface area contributed by atoms with Gasteiger partial charge in [-0.25, -0.2) is 9.97 Å². The van der Waals surface area contributed by atoms with Gasteiger partial charge in [-0.15, -0.1) is 0 Å². The van der Waals surface area contributed by atoms with E-state index in [1.807, 2.05) is 43.1 Å². The second-order valence-electron chi connectivity index (χ2n) is 5.40. The number of aromatic nitrogens is 2. The molecular formula is C17H21BrN4O. The maximum absolute atomic E-state index is 12.5. The van der Waals surface area contributed by atoms with Crippen LogP contribution >= 0.6 is 15.9 Å². The first kappa shape index (κ1) is 17.4. The summed E-state index contributed by atoms with van der Waals surface area (Å²) >= 11 is 3.42. The van der Waals surface area contributed by atoms with Crippen molar-refractivity contribution in [3.05, 3.63) is 46.2 Å². The van der Waals surface area contributed by atoms with Crippen LogP contribution in [0.3, 0.4) is 0 Å². The van der Waals surface area contributed by atoms with Crippen LogP contribution in [0.15, 0.2) is 34.8 Å². The molecule has 0 saturated heterocycles. The molecule has 0 aliphatic carbocycles. The topological polar surface area (TPSA) is 58.1 Å². The molecule has 1 amide bonds. The van der Waals surface area contributed by atoms with E-state index < -0.39 is 0 Å². The van der Waals surface area contributed by atoms with E-state index in [4.69, 9.17) is 0 Å². The Morgan fingerprint density at radius 3 is 2.74 bits per heavy atom. The van der Waals surface area contributed by atoms with E-state index in [1.54, 1.807) is 6.07 Å². The molecule has 0 unspecified atom stereocenters. The Kier molecular flexibility index (Phi) is 6.10. The lowest BCUT2D eigenvalue weighted by molar-refractivity contribution is 0.102. The van der Waals surface area contributed by atoms with Crippen molar-refractivity contribution in [1.29, 1.82) is 0 Å². The van der Waals surface area contributed by atoms with Gasteiger partial charge in [-0.05, 0) is 47.5 Å². The molecule has 0 aliphatic rings. The Morgan fingerprint density at radius 1 is 1.30 bits per heavy atom. The monoisotopic (exact) mass is 376 g/mol. The van der Waals surface area contributed by atoms with Gasteiger partial charge in [0, 0.05) is 23.8 Å². The van der Waals surface area contributed by atoms with Crippen molar-refractivity contribution in [3.63, 3.8) is 0 Å². The molecule has 1 heterocycles. The van der Waals surface area contributed by atoms with Gasteiger partial charge >= 0.3 is 0 Å². The fraction of sp³-hybridized carbons (Fsp3) is 0.353. The van der Waals surface area contributed by atoms with E-state index in [0.29, 0.717) is 11.6 Å². The number of unbranched alkanes of at least 4 members (excludes halogenated alkanes) is 1. The Balaban J connectivity index is 2.20. The molecule has 0 saturated carbocycles. The lowest BCUT2D eigenvalue weighted by Gasteiger charge is -2.17. The number of aryl methyl sites for hydroxylation is 1. The third-order valence-corrected chi connectivity index (χ3v) is 4.08. The molecule has 0 fully saturated rings. The summed E-state index contributed by atoms with van der Waals surface area (Å²) in [5, 5.41) is 2.87. The molecule has 1 N–H and O–H groups in total. The second kappa shape index (κ2) is 8.06. The van der Waals surface area contributed by atoms with Crippen molar-refractivity contribution in [2.45, 2.75) is 26.7 Å². The minimum absolute atomic E-state index is 0.243. The van der Waals surface area contributed by atoms with Gasteiger partial charge < -0.3 is 10.2 Å².